The molecule has 40 heavy (non-hydrogen) atoms. The molecule has 0 spiro atoms. The Morgan fingerprint density at radius 3 is 2.48 bits per heavy atom. The summed E-state index contributed by atoms with van der Waals surface area (Å²) in [5.41, 5.74) is 4.48. The van der Waals surface area contributed by atoms with Crippen LogP contribution in [-0.4, -0.2) is 31.2 Å². The van der Waals surface area contributed by atoms with Crippen LogP contribution in [0.2, 0.25) is 10.0 Å². The maximum atomic E-state index is 12.8. The monoisotopic (exact) mass is 577 g/mol. The second-order valence-electron chi connectivity index (χ2n) is 9.39. The second kappa shape index (κ2) is 13.3. The predicted molar refractivity (Wildman–Crippen MR) is 160 cm³/mol. The van der Waals surface area contributed by atoms with E-state index in [1.165, 1.54) is 18.3 Å². The number of nitrogens with zero attached hydrogens (tertiary/aromatic N) is 1. The molecule has 0 heterocycles. The molecule has 1 atom stereocenters. The highest BCUT2D eigenvalue weighted by Crippen LogP contribution is 2.29. The number of nitrogens with one attached hydrogen (secondary N) is 2. The van der Waals surface area contributed by atoms with E-state index in [2.05, 4.69) is 34.0 Å². The molecule has 4 rings (SSSR count). The fourth-order valence-electron chi connectivity index (χ4n) is 4.13. The number of fused-ring (bicyclic) bond motifs is 1. The van der Waals surface area contributed by atoms with Gasteiger partial charge in [0.2, 0.25) is 0 Å². The Bertz CT molecular complexity index is 1550. The first kappa shape index (κ1) is 28.9. The van der Waals surface area contributed by atoms with E-state index in [9.17, 15) is 9.59 Å². The number of amides is 2. The van der Waals surface area contributed by atoms with Crippen LogP contribution in [0.4, 0.5) is 0 Å². The van der Waals surface area contributed by atoms with Crippen molar-refractivity contribution in [1.82, 2.24) is 10.7 Å². The highest BCUT2D eigenvalue weighted by molar-refractivity contribution is 6.36. The van der Waals surface area contributed by atoms with Crippen molar-refractivity contribution in [3.05, 3.63) is 106 Å². The molecule has 0 aliphatic heterocycles. The Balaban J connectivity index is 1.39. The number of hydrazone groups is 1. The molecule has 0 aromatic heterocycles. The Kier molecular flexibility index (Phi) is 9.64. The molecular weight excluding hydrogens is 549 g/mol. The van der Waals surface area contributed by atoms with Crippen molar-refractivity contribution in [1.29, 1.82) is 0 Å². The molecule has 2 N–H and O–H groups in total. The molecule has 0 bridgehead atoms. The average Bonchev–Trinajstić information content (AvgIpc) is 2.94. The van der Waals surface area contributed by atoms with Gasteiger partial charge in [0.15, 0.2) is 11.5 Å². The predicted octanol–water partition coefficient (Wildman–Crippen LogP) is 6.64. The van der Waals surface area contributed by atoms with Crippen LogP contribution in [0.25, 0.3) is 10.8 Å². The van der Waals surface area contributed by atoms with Crippen molar-refractivity contribution in [2.75, 3.05) is 7.11 Å². The second-order valence-corrected chi connectivity index (χ2v) is 10.2. The summed E-state index contributed by atoms with van der Waals surface area (Å²) >= 11 is 12.1. The summed E-state index contributed by atoms with van der Waals surface area (Å²) in [7, 11) is 1.56. The molecule has 0 fully saturated rings. The molecule has 0 saturated carbocycles. The van der Waals surface area contributed by atoms with Gasteiger partial charge in [-0.15, -0.1) is 0 Å². The van der Waals surface area contributed by atoms with E-state index in [-0.39, 0.29) is 16.5 Å². The first-order valence-electron chi connectivity index (χ1n) is 12.6. The Morgan fingerprint density at radius 2 is 1.73 bits per heavy atom. The topological polar surface area (TPSA) is 89.0 Å². The van der Waals surface area contributed by atoms with Gasteiger partial charge in [0.1, 0.15) is 12.6 Å². The van der Waals surface area contributed by atoms with E-state index in [0.29, 0.717) is 28.7 Å². The van der Waals surface area contributed by atoms with Crippen LogP contribution in [-0.2, 0) is 11.4 Å². The minimum Gasteiger partial charge on any atom is -0.493 e. The molecule has 0 saturated heterocycles. The van der Waals surface area contributed by atoms with E-state index >= 15 is 0 Å². The summed E-state index contributed by atoms with van der Waals surface area (Å²) in [4.78, 5) is 25.6. The number of hydrogen-bond acceptors (Lipinski definition) is 5. The summed E-state index contributed by atoms with van der Waals surface area (Å²) in [6, 6.07) is 23.3. The third-order valence-corrected chi connectivity index (χ3v) is 6.80. The first-order valence-corrected chi connectivity index (χ1v) is 13.4. The summed E-state index contributed by atoms with van der Waals surface area (Å²) in [6.07, 6.45) is 1.49. The van der Waals surface area contributed by atoms with Crippen molar-refractivity contribution in [3.63, 3.8) is 0 Å². The van der Waals surface area contributed by atoms with Crippen LogP contribution in [0.5, 0.6) is 11.5 Å². The molecule has 2 amide bonds. The van der Waals surface area contributed by atoms with Gasteiger partial charge in [-0.2, -0.15) is 5.10 Å². The van der Waals surface area contributed by atoms with Crippen molar-refractivity contribution >= 4 is 52.0 Å². The van der Waals surface area contributed by atoms with Gasteiger partial charge < -0.3 is 14.8 Å². The Hall–Kier alpha value is -4.07. The Morgan fingerprint density at radius 1 is 0.950 bits per heavy atom. The van der Waals surface area contributed by atoms with Crippen molar-refractivity contribution in [2.45, 2.75) is 26.5 Å². The highest BCUT2D eigenvalue weighted by Gasteiger charge is 2.25. The number of methoxy groups -OCH3 is 1. The fraction of sp³-hybridized carbons (Fsp3) is 0.194. The summed E-state index contributed by atoms with van der Waals surface area (Å²) in [5.74, 6) is -0.0405. The quantitative estimate of drug-likeness (QED) is 0.163. The summed E-state index contributed by atoms with van der Waals surface area (Å²) in [6.45, 7) is 4.02. The van der Waals surface area contributed by atoms with Gasteiger partial charge in [0.25, 0.3) is 11.8 Å². The van der Waals surface area contributed by atoms with Crippen LogP contribution in [0.3, 0.4) is 0 Å². The minimum atomic E-state index is -0.837. The SMILES string of the molecule is COc1cc(/C=N\NC(=O)C(NC(=O)c2ccc(Cl)cc2Cl)C(C)C)ccc1OCc1cccc2ccccc12. The molecule has 7 nitrogen and oxygen atoms in total. The van der Waals surface area contributed by atoms with Gasteiger partial charge >= 0.3 is 0 Å². The van der Waals surface area contributed by atoms with E-state index in [1.807, 2.05) is 38.1 Å². The molecule has 206 valence electrons. The van der Waals surface area contributed by atoms with Gasteiger partial charge in [-0.05, 0) is 64.2 Å². The van der Waals surface area contributed by atoms with E-state index in [0.717, 1.165) is 16.3 Å². The Labute approximate surface area is 243 Å². The van der Waals surface area contributed by atoms with Crippen molar-refractivity contribution < 1.29 is 19.1 Å². The zero-order chi connectivity index (χ0) is 28.6. The van der Waals surface area contributed by atoms with Gasteiger partial charge in [0, 0.05) is 5.02 Å². The molecule has 0 aliphatic rings. The van der Waals surface area contributed by atoms with E-state index < -0.39 is 17.9 Å². The van der Waals surface area contributed by atoms with Crippen LogP contribution in [0, 0.1) is 5.92 Å². The highest BCUT2D eigenvalue weighted by atomic mass is 35.5. The van der Waals surface area contributed by atoms with Crippen molar-refractivity contribution in [3.8, 4) is 11.5 Å². The molecular formula is C31H29Cl2N3O4. The third kappa shape index (κ3) is 7.11. The molecule has 9 heteroatoms. The lowest BCUT2D eigenvalue weighted by Gasteiger charge is -2.20. The number of carbonyl (C=O) groups is 2. The van der Waals surface area contributed by atoms with Crippen LogP contribution >= 0.6 is 23.2 Å². The standard InChI is InChI=1S/C31H29Cl2N3O4/c1-19(2)29(35-30(37)25-13-12-23(32)16-26(25)33)31(38)36-34-17-20-11-14-27(28(15-20)39-3)40-18-22-9-6-8-21-7-4-5-10-24(21)22/h4-17,19,29H,18H2,1-3H3,(H,35,37)(H,36,38)/b34-17-. The smallest absolute Gasteiger partial charge is 0.262 e. The molecule has 4 aromatic rings. The number of benzene rings is 4. The fourth-order valence-corrected chi connectivity index (χ4v) is 4.62. The van der Waals surface area contributed by atoms with Gasteiger partial charge in [0.05, 0.1) is 23.9 Å². The zero-order valence-corrected chi connectivity index (χ0v) is 23.8. The molecule has 4 aromatic carbocycles. The largest absolute Gasteiger partial charge is 0.493 e. The number of carbonyl (C=O) groups excluding carboxylic acids is 2. The van der Waals surface area contributed by atoms with Crippen molar-refractivity contribution in [2.24, 2.45) is 11.0 Å². The van der Waals surface area contributed by atoms with E-state index in [1.54, 1.807) is 31.4 Å². The maximum Gasteiger partial charge on any atom is 0.262 e. The summed E-state index contributed by atoms with van der Waals surface area (Å²) in [5, 5.41) is 9.68. The lowest BCUT2D eigenvalue weighted by Crippen LogP contribution is -2.48. The minimum absolute atomic E-state index is 0.199. The molecule has 1 unspecified atom stereocenters. The molecule has 0 radical (unpaired) electrons. The van der Waals surface area contributed by atoms with Gasteiger partial charge in [-0.25, -0.2) is 5.43 Å². The molecule has 0 aliphatic carbocycles. The van der Waals surface area contributed by atoms with Crippen LogP contribution < -0.4 is 20.2 Å². The zero-order valence-electron chi connectivity index (χ0n) is 22.3. The summed E-state index contributed by atoms with van der Waals surface area (Å²) < 4.78 is 11.6. The van der Waals surface area contributed by atoms with Crippen LogP contribution in [0.1, 0.15) is 35.3 Å². The normalized spacial score (nSPS) is 11.9. The lowest BCUT2D eigenvalue weighted by atomic mass is 10.0. The average molecular weight is 578 g/mol. The number of halogens is 2. The maximum absolute atomic E-state index is 12.8. The van der Waals surface area contributed by atoms with Gasteiger partial charge in [-0.1, -0.05) is 79.5 Å². The number of rotatable bonds is 10. The van der Waals surface area contributed by atoms with Crippen LogP contribution in [0.15, 0.2) is 84.0 Å². The third-order valence-electron chi connectivity index (χ3n) is 6.25. The van der Waals surface area contributed by atoms with Gasteiger partial charge in [-0.3, -0.25) is 9.59 Å². The first-order chi connectivity index (χ1) is 19.3. The number of ether oxygens (including phenoxy) is 2. The lowest BCUT2D eigenvalue weighted by molar-refractivity contribution is -0.123. The number of hydrogen-bond donors (Lipinski definition) is 2. The van der Waals surface area contributed by atoms with E-state index in [4.69, 9.17) is 32.7 Å².